The van der Waals surface area contributed by atoms with E-state index in [9.17, 15) is 4.79 Å². The molecule has 0 aromatic rings. The fourth-order valence-corrected chi connectivity index (χ4v) is 1.89. The third-order valence-electron chi connectivity index (χ3n) is 1.36. The number of halogens is 2. The third-order valence-corrected chi connectivity index (χ3v) is 2.49. The minimum absolute atomic E-state index is 0.300. The number of amides is 1. The van der Waals surface area contributed by atoms with Crippen LogP contribution >= 0.6 is 23.2 Å². The monoisotopic (exact) mass is 257 g/mol. The zero-order chi connectivity index (χ0) is 11.2. The predicted molar refractivity (Wildman–Crippen MR) is 62.8 cm³/mol. The molecule has 6 heteroatoms. The summed E-state index contributed by atoms with van der Waals surface area (Å²) in [5.74, 6) is 0.801. The van der Waals surface area contributed by atoms with E-state index in [1.54, 1.807) is 0 Å². The number of nitrogens with zero attached hydrogens (tertiary/aromatic N) is 1. The van der Waals surface area contributed by atoms with Crippen molar-refractivity contribution in [3.8, 4) is 0 Å². The number of rotatable bonds is 5. The molecule has 0 aliphatic rings. The molecule has 0 aromatic carbocycles. The SMILES string of the molecule is C[Si](C)(C)OC(=O)N(CCCl)CCCl. The van der Waals surface area contributed by atoms with Gasteiger partial charge in [0.05, 0.1) is 0 Å². The Hall–Kier alpha value is 0.0669. The summed E-state index contributed by atoms with van der Waals surface area (Å²) in [7, 11) is -1.82. The molecule has 0 heterocycles. The van der Waals surface area contributed by atoms with Crippen molar-refractivity contribution in [2.24, 2.45) is 0 Å². The van der Waals surface area contributed by atoms with Crippen molar-refractivity contribution in [3.63, 3.8) is 0 Å². The van der Waals surface area contributed by atoms with Gasteiger partial charge in [-0.05, 0) is 19.6 Å². The maximum absolute atomic E-state index is 11.6. The molecule has 0 unspecified atom stereocenters. The van der Waals surface area contributed by atoms with E-state index in [0.29, 0.717) is 24.8 Å². The second kappa shape index (κ2) is 6.53. The highest BCUT2D eigenvalue weighted by Crippen LogP contribution is 2.06. The summed E-state index contributed by atoms with van der Waals surface area (Å²) in [5, 5.41) is 0. The van der Waals surface area contributed by atoms with Crippen molar-refractivity contribution in [3.05, 3.63) is 0 Å². The number of carbonyl (C=O) groups is 1. The zero-order valence-corrected chi connectivity index (χ0v) is 11.4. The van der Waals surface area contributed by atoms with E-state index in [0.717, 1.165) is 0 Å². The summed E-state index contributed by atoms with van der Waals surface area (Å²) in [4.78, 5) is 13.1. The van der Waals surface area contributed by atoms with Gasteiger partial charge < -0.3 is 9.33 Å². The average Bonchev–Trinajstić information content (AvgIpc) is 2.01. The number of carbonyl (C=O) groups excluding carboxylic acids is 1. The van der Waals surface area contributed by atoms with Gasteiger partial charge in [0.15, 0.2) is 0 Å². The van der Waals surface area contributed by atoms with Gasteiger partial charge in [-0.2, -0.15) is 0 Å². The van der Waals surface area contributed by atoms with Crippen LogP contribution in [0, 0.1) is 0 Å². The van der Waals surface area contributed by atoms with Crippen LogP contribution in [0.2, 0.25) is 19.6 Å². The van der Waals surface area contributed by atoms with Crippen molar-refractivity contribution in [2.75, 3.05) is 24.8 Å². The summed E-state index contributed by atoms with van der Waals surface area (Å²) in [6.07, 6.45) is -0.300. The van der Waals surface area contributed by atoms with Crippen LogP contribution in [0.1, 0.15) is 0 Å². The van der Waals surface area contributed by atoms with Crippen LogP contribution in [-0.2, 0) is 4.43 Å². The molecule has 0 aliphatic heterocycles. The van der Waals surface area contributed by atoms with E-state index >= 15 is 0 Å². The lowest BCUT2D eigenvalue weighted by atomic mass is 10.5. The molecule has 0 aliphatic carbocycles. The van der Waals surface area contributed by atoms with Gasteiger partial charge in [0, 0.05) is 24.8 Å². The Morgan fingerprint density at radius 2 is 1.64 bits per heavy atom. The van der Waals surface area contributed by atoms with Gasteiger partial charge in [-0.25, -0.2) is 4.79 Å². The van der Waals surface area contributed by atoms with Crippen LogP contribution in [0.15, 0.2) is 0 Å². The quantitative estimate of drug-likeness (QED) is 0.560. The molecule has 3 nitrogen and oxygen atoms in total. The first-order valence-corrected chi connectivity index (χ1v) is 8.98. The van der Waals surface area contributed by atoms with Gasteiger partial charge in [-0.3, -0.25) is 0 Å². The molecule has 0 rings (SSSR count). The lowest BCUT2D eigenvalue weighted by molar-refractivity contribution is 0.156. The molecule has 1 amide bonds. The molecular formula is C8H17Cl2NO2Si. The average molecular weight is 258 g/mol. The van der Waals surface area contributed by atoms with E-state index in [2.05, 4.69) is 0 Å². The minimum atomic E-state index is -1.82. The van der Waals surface area contributed by atoms with E-state index in [1.165, 1.54) is 4.90 Å². The minimum Gasteiger partial charge on any atom is -0.504 e. The molecule has 0 fully saturated rings. The summed E-state index contributed by atoms with van der Waals surface area (Å²) in [6.45, 7) is 6.86. The second-order valence-electron chi connectivity index (χ2n) is 3.85. The highest BCUT2D eigenvalue weighted by molar-refractivity contribution is 6.71. The molecule has 14 heavy (non-hydrogen) atoms. The Bertz CT molecular complexity index is 179. The molecule has 0 aromatic heterocycles. The van der Waals surface area contributed by atoms with Gasteiger partial charge in [0.25, 0.3) is 0 Å². The first-order chi connectivity index (χ1) is 6.40. The van der Waals surface area contributed by atoms with Crippen molar-refractivity contribution in [1.29, 1.82) is 0 Å². The first kappa shape index (κ1) is 14.1. The Kier molecular flexibility index (Phi) is 6.56. The molecule has 0 saturated heterocycles. The summed E-state index contributed by atoms with van der Waals surface area (Å²) < 4.78 is 5.31. The topological polar surface area (TPSA) is 29.5 Å². The van der Waals surface area contributed by atoms with Gasteiger partial charge in [-0.15, -0.1) is 23.2 Å². The fourth-order valence-electron chi connectivity index (χ4n) is 0.825. The molecule has 0 atom stereocenters. The van der Waals surface area contributed by atoms with Crippen molar-refractivity contribution >= 4 is 37.6 Å². The summed E-state index contributed by atoms with van der Waals surface area (Å²) in [6, 6.07) is 0. The standard InChI is InChI=1S/C8H17Cl2NO2Si/c1-14(2,3)13-8(12)11(6-4-9)7-5-10/h4-7H2,1-3H3. The highest BCUT2D eigenvalue weighted by Gasteiger charge is 2.23. The van der Waals surface area contributed by atoms with Gasteiger partial charge in [0.2, 0.25) is 8.32 Å². The fraction of sp³-hybridized carbons (Fsp3) is 0.875. The van der Waals surface area contributed by atoms with E-state index < -0.39 is 8.32 Å². The summed E-state index contributed by atoms with van der Waals surface area (Å²) in [5.41, 5.74) is 0. The Morgan fingerprint density at radius 1 is 1.21 bits per heavy atom. The summed E-state index contributed by atoms with van der Waals surface area (Å²) >= 11 is 11.1. The first-order valence-electron chi connectivity index (χ1n) is 4.50. The van der Waals surface area contributed by atoms with Crippen LogP contribution in [0.25, 0.3) is 0 Å². The van der Waals surface area contributed by atoms with Crippen LogP contribution in [-0.4, -0.2) is 44.2 Å². The highest BCUT2D eigenvalue weighted by atomic mass is 35.5. The maximum Gasteiger partial charge on any atom is 0.396 e. The van der Waals surface area contributed by atoms with Crippen LogP contribution in [0.3, 0.4) is 0 Å². The third kappa shape index (κ3) is 6.51. The van der Waals surface area contributed by atoms with E-state index in [4.69, 9.17) is 27.6 Å². The molecule has 0 N–H and O–H groups in total. The van der Waals surface area contributed by atoms with Gasteiger partial charge >= 0.3 is 6.09 Å². The van der Waals surface area contributed by atoms with Gasteiger partial charge in [0.1, 0.15) is 0 Å². The molecule has 0 radical (unpaired) electrons. The van der Waals surface area contributed by atoms with Crippen molar-refractivity contribution in [2.45, 2.75) is 19.6 Å². The molecule has 0 spiro atoms. The Labute approximate surface area is 96.4 Å². The Morgan fingerprint density at radius 3 is 1.93 bits per heavy atom. The van der Waals surface area contributed by atoms with Crippen molar-refractivity contribution in [1.82, 2.24) is 4.90 Å². The van der Waals surface area contributed by atoms with E-state index in [1.807, 2.05) is 19.6 Å². The predicted octanol–water partition coefficient (Wildman–Crippen LogP) is 2.74. The maximum atomic E-state index is 11.6. The second-order valence-corrected chi connectivity index (χ2v) is 9.03. The number of alkyl halides is 2. The molecular weight excluding hydrogens is 241 g/mol. The lowest BCUT2D eigenvalue weighted by Crippen LogP contribution is -2.40. The normalized spacial score (nSPS) is 11.2. The smallest absolute Gasteiger partial charge is 0.396 e. The number of hydrogen-bond acceptors (Lipinski definition) is 2. The number of hydrogen-bond donors (Lipinski definition) is 0. The lowest BCUT2D eigenvalue weighted by Gasteiger charge is -2.25. The zero-order valence-electron chi connectivity index (χ0n) is 8.85. The molecule has 0 saturated carbocycles. The largest absolute Gasteiger partial charge is 0.504 e. The van der Waals surface area contributed by atoms with Crippen LogP contribution in [0.5, 0.6) is 0 Å². The van der Waals surface area contributed by atoms with E-state index in [-0.39, 0.29) is 6.09 Å². The van der Waals surface area contributed by atoms with Crippen LogP contribution in [0.4, 0.5) is 4.79 Å². The molecule has 84 valence electrons. The van der Waals surface area contributed by atoms with Crippen LogP contribution < -0.4 is 0 Å². The van der Waals surface area contributed by atoms with Gasteiger partial charge in [-0.1, -0.05) is 0 Å². The molecule has 0 bridgehead atoms. The Balaban J connectivity index is 4.14. The van der Waals surface area contributed by atoms with Crippen molar-refractivity contribution < 1.29 is 9.22 Å².